The molecule has 5 nitrogen and oxygen atoms in total. The van der Waals surface area contributed by atoms with Crippen molar-refractivity contribution < 1.29 is 9.53 Å². The van der Waals surface area contributed by atoms with Gasteiger partial charge in [0.1, 0.15) is 11.2 Å². The Kier molecular flexibility index (Phi) is 4.06. The summed E-state index contributed by atoms with van der Waals surface area (Å²) in [4.78, 5) is 17.6. The van der Waals surface area contributed by atoms with Gasteiger partial charge in [0.2, 0.25) is 0 Å². The number of cyclic esters (lactones) is 1. The molecule has 3 rings (SSSR count). The minimum Gasteiger partial charge on any atom is -0.447 e. The summed E-state index contributed by atoms with van der Waals surface area (Å²) in [5.74, 6) is 0. The molecule has 0 spiro atoms. The molecule has 1 aliphatic rings. The largest absolute Gasteiger partial charge is 0.447 e. The van der Waals surface area contributed by atoms with Crippen molar-refractivity contribution in [2.45, 2.75) is 6.54 Å². The van der Waals surface area contributed by atoms with Crippen molar-refractivity contribution in [1.29, 1.82) is 0 Å². The van der Waals surface area contributed by atoms with Crippen LogP contribution in [0.2, 0.25) is 0 Å². The van der Waals surface area contributed by atoms with E-state index in [-0.39, 0.29) is 6.09 Å². The maximum atomic E-state index is 11.6. The highest BCUT2D eigenvalue weighted by Crippen LogP contribution is 2.22. The summed E-state index contributed by atoms with van der Waals surface area (Å²) < 4.78 is 5.77. The topological polar surface area (TPSA) is 54.5 Å². The van der Waals surface area contributed by atoms with Crippen LogP contribution >= 0.6 is 15.9 Å². The van der Waals surface area contributed by atoms with Crippen molar-refractivity contribution in [3.05, 3.63) is 52.8 Å². The third kappa shape index (κ3) is 3.33. The molecule has 0 aliphatic carbocycles. The maximum absolute atomic E-state index is 11.6. The Balaban J connectivity index is 1.70. The number of anilines is 2. The van der Waals surface area contributed by atoms with Crippen LogP contribution in [0.4, 0.5) is 16.2 Å². The third-order valence-corrected chi connectivity index (χ3v) is 3.61. The van der Waals surface area contributed by atoms with Crippen LogP contribution in [0, 0.1) is 0 Å². The lowest BCUT2D eigenvalue weighted by Crippen LogP contribution is -2.23. The summed E-state index contributed by atoms with van der Waals surface area (Å²) in [5.41, 5.74) is 2.72. The van der Waals surface area contributed by atoms with E-state index in [1.54, 1.807) is 4.90 Å². The Morgan fingerprint density at radius 1 is 1.29 bits per heavy atom. The fourth-order valence-corrected chi connectivity index (χ4v) is 2.53. The number of hydrogen-bond acceptors (Lipinski definition) is 4. The van der Waals surface area contributed by atoms with Crippen LogP contribution in [0.25, 0.3) is 0 Å². The number of halogens is 1. The second kappa shape index (κ2) is 6.13. The second-order valence-corrected chi connectivity index (χ2v) is 5.43. The van der Waals surface area contributed by atoms with Gasteiger partial charge in [-0.15, -0.1) is 0 Å². The molecule has 0 radical (unpaired) electrons. The predicted molar refractivity (Wildman–Crippen MR) is 84.4 cm³/mol. The van der Waals surface area contributed by atoms with Crippen LogP contribution in [0.1, 0.15) is 5.69 Å². The molecule has 21 heavy (non-hydrogen) atoms. The van der Waals surface area contributed by atoms with Crippen molar-refractivity contribution in [1.82, 2.24) is 4.98 Å². The van der Waals surface area contributed by atoms with E-state index in [0.717, 1.165) is 21.7 Å². The predicted octanol–water partition coefficient (Wildman–Crippen LogP) is 3.41. The first-order chi connectivity index (χ1) is 10.2. The molecule has 2 heterocycles. The van der Waals surface area contributed by atoms with E-state index in [9.17, 15) is 4.79 Å². The van der Waals surface area contributed by atoms with Gasteiger partial charge in [-0.05, 0) is 46.3 Å². The van der Waals surface area contributed by atoms with Gasteiger partial charge in [0.15, 0.2) is 0 Å². The average molecular weight is 348 g/mol. The summed E-state index contributed by atoms with van der Waals surface area (Å²) in [6, 6.07) is 13.5. The first kappa shape index (κ1) is 13.9. The first-order valence-corrected chi connectivity index (χ1v) is 7.41. The van der Waals surface area contributed by atoms with Gasteiger partial charge < -0.3 is 10.1 Å². The van der Waals surface area contributed by atoms with Crippen LogP contribution in [0.3, 0.4) is 0 Å². The van der Waals surface area contributed by atoms with Crippen molar-refractivity contribution in [2.75, 3.05) is 23.4 Å². The number of hydrogen-bond donors (Lipinski definition) is 1. The average Bonchev–Trinajstić information content (AvgIpc) is 2.92. The number of nitrogens with zero attached hydrogens (tertiary/aromatic N) is 2. The third-order valence-electron chi connectivity index (χ3n) is 3.17. The summed E-state index contributed by atoms with van der Waals surface area (Å²) in [5, 5.41) is 3.30. The quantitative estimate of drug-likeness (QED) is 0.861. The van der Waals surface area contributed by atoms with Crippen LogP contribution in [0.5, 0.6) is 0 Å². The highest BCUT2D eigenvalue weighted by molar-refractivity contribution is 9.10. The number of carbonyl (C=O) groups excluding carboxylic acids is 1. The fourth-order valence-electron chi connectivity index (χ4n) is 2.15. The minimum absolute atomic E-state index is 0.291. The Hall–Kier alpha value is -2.08. The molecule has 108 valence electrons. The van der Waals surface area contributed by atoms with Crippen molar-refractivity contribution in [3.8, 4) is 0 Å². The van der Waals surface area contributed by atoms with Crippen molar-refractivity contribution >= 4 is 33.4 Å². The normalized spacial score (nSPS) is 14.1. The molecule has 6 heteroatoms. The van der Waals surface area contributed by atoms with E-state index in [0.29, 0.717) is 19.7 Å². The zero-order chi connectivity index (χ0) is 14.7. The molecule has 1 aromatic carbocycles. The summed E-state index contributed by atoms with van der Waals surface area (Å²) in [6.07, 6.45) is -0.291. The zero-order valence-corrected chi connectivity index (χ0v) is 12.8. The number of pyridine rings is 1. The van der Waals surface area contributed by atoms with Gasteiger partial charge in [-0.3, -0.25) is 4.90 Å². The number of carbonyl (C=O) groups is 1. The number of benzene rings is 1. The summed E-state index contributed by atoms with van der Waals surface area (Å²) >= 11 is 3.35. The standard InChI is InChI=1S/C15H14BrN3O2/c16-14-6-2-4-12(18-14)10-17-11-3-1-5-13(9-11)19-7-8-21-15(19)20/h1-6,9,17H,7-8,10H2. The maximum Gasteiger partial charge on any atom is 0.414 e. The van der Waals surface area contributed by atoms with Gasteiger partial charge in [-0.25, -0.2) is 9.78 Å². The van der Waals surface area contributed by atoms with Gasteiger partial charge in [-0.1, -0.05) is 12.1 Å². The van der Waals surface area contributed by atoms with E-state index in [2.05, 4.69) is 26.2 Å². The molecule has 1 saturated heterocycles. The number of nitrogens with one attached hydrogen (secondary N) is 1. The Morgan fingerprint density at radius 2 is 2.14 bits per heavy atom. The van der Waals surface area contributed by atoms with Crippen LogP contribution in [-0.2, 0) is 11.3 Å². The molecule has 0 atom stereocenters. The van der Waals surface area contributed by atoms with Crippen LogP contribution < -0.4 is 10.2 Å². The monoisotopic (exact) mass is 347 g/mol. The van der Waals surface area contributed by atoms with Gasteiger partial charge >= 0.3 is 6.09 Å². The number of rotatable bonds is 4. The molecule has 1 amide bonds. The summed E-state index contributed by atoms with van der Waals surface area (Å²) in [7, 11) is 0. The van der Waals surface area contributed by atoms with Gasteiger partial charge in [0, 0.05) is 11.4 Å². The van der Waals surface area contributed by atoms with E-state index in [1.165, 1.54) is 0 Å². The molecule has 1 fully saturated rings. The van der Waals surface area contributed by atoms with Gasteiger partial charge in [-0.2, -0.15) is 0 Å². The lowest BCUT2D eigenvalue weighted by Gasteiger charge is -2.14. The molecular formula is C15H14BrN3O2. The molecule has 1 aromatic heterocycles. The number of amides is 1. The molecule has 0 unspecified atom stereocenters. The lowest BCUT2D eigenvalue weighted by molar-refractivity contribution is 0.181. The van der Waals surface area contributed by atoms with Crippen molar-refractivity contribution in [2.24, 2.45) is 0 Å². The fraction of sp³-hybridized carbons (Fsp3) is 0.200. The molecule has 2 aromatic rings. The van der Waals surface area contributed by atoms with Crippen molar-refractivity contribution in [3.63, 3.8) is 0 Å². The first-order valence-electron chi connectivity index (χ1n) is 6.62. The molecule has 1 aliphatic heterocycles. The van der Waals surface area contributed by atoms with Gasteiger partial charge in [0.25, 0.3) is 0 Å². The smallest absolute Gasteiger partial charge is 0.414 e. The molecule has 0 saturated carbocycles. The van der Waals surface area contributed by atoms with Crippen LogP contribution in [0.15, 0.2) is 47.1 Å². The SMILES string of the molecule is O=C1OCCN1c1cccc(NCc2cccc(Br)n2)c1. The molecule has 0 bridgehead atoms. The van der Waals surface area contributed by atoms with E-state index in [1.807, 2.05) is 42.5 Å². The number of ether oxygens (including phenoxy) is 1. The number of aromatic nitrogens is 1. The van der Waals surface area contributed by atoms with E-state index in [4.69, 9.17) is 4.74 Å². The molecular weight excluding hydrogens is 334 g/mol. The Bertz CT molecular complexity index is 663. The highest BCUT2D eigenvalue weighted by Gasteiger charge is 2.23. The Morgan fingerprint density at radius 3 is 2.90 bits per heavy atom. The van der Waals surface area contributed by atoms with E-state index >= 15 is 0 Å². The highest BCUT2D eigenvalue weighted by atomic mass is 79.9. The van der Waals surface area contributed by atoms with Gasteiger partial charge in [0.05, 0.1) is 18.8 Å². The van der Waals surface area contributed by atoms with Crippen LogP contribution in [-0.4, -0.2) is 24.2 Å². The summed E-state index contributed by atoms with van der Waals surface area (Å²) in [6.45, 7) is 1.65. The minimum atomic E-state index is -0.291. The molecule has 1 N–H and O–H groups in total. The second-order valence-electron chi connectivity index (χ2n) is 4.62. The zero-order valence-electron chi connectivity index (χ0n) is 11.3. The van der Waals surface area contributed by atoms with E-state index < -0.39 is 0 Å². The lowest BCUT2D eigenvalue weighted by atomic mass is 10.2. The Labute approximate surface area is 131 Å².